The van der Waals surface area contributed by atoms with Crippen LogP contribution in [0, 0.1) is 0 Å². The van der Waals surface area contributed by atoms with Gasteiger partial charge in [-0.25, -0.2) is 0 Å². The van der Waals surface area contributed by atoms with Gasteiger partial charge in [0, 0.05) is 0 Å². The van der Waals surface area contributed by atoms with Crippen molar-refractivity contribution in [2.75, 3.05) is 5.73 Å². The maximum Gasteiger partial charge on any atom is 0.161 e. The molecule has 1 aromatic rings. The molecule has 3 heteroatoms. The van der Waals surface area contributed by atoms with Gasteiger partial charge >= 0.3 is 0 Å². The van der Waals surface area contributed by atoms with E-state index in [1.165, 1.54) is 12.8 Å². The first-order valence-corrected chi connectivity index (χ1v) is 6.27. The van der Waals surface area contributed by atoms with Gasteiger partial charge in [0.25, 0.3) is 0 Å². The normalized spacial score (nSPS) is 12.4. The van der Waals surface area contributed by atoms with Crippen LogP contribution in [-0.2, 0) is 0 Å². The molecule has 2 N–H and O–H groups in total. The number of nitrogens with two attached hydrogens (primary N) is 1. The van der Waals surface area contributed by atoms with Crippen LogP contribution in [0.5, 0.6) is 5.75 Å². The summed E-state index contributed by atoms with van der Waals surface area (Å²) in [5, 5.41) is 0.593. The minimum Gasteiger partial charge on any atom is -0.487 e. The summed E-state index contributed by atoms with van der Waals surface area (Å²) >= 11 is 6.06. The molecule has 0 aromatic heterocycles. The fourth-order valence-corrected chi connectivity index (χ4v) is 1.82. The van der Waals surface area contributed by atoms with E-state index in [-0.39, 0.29) is 6.10 Å². The second kappa shape index (κ2) is 6.64. The highest BCUT2D eigenvalue weighted by atomic mass is 35.5. The van der Waals surface area contributed by atoms with Gasteiger partial charge in [-0.05, 0) is 25.0 Å². The molecule has 0 bridgehead atoms. The van der Waals surface area contributed by atoms with E-state index in [9.17, 15) is 0 Å². The molecule has 0 saturated heterocycles. The van der Waals surface area contributed by atoms with Crippen LogP contribution in [0.25, 0.3) is 0 Å². The largest absolute Gasteiger partial charge is 0.487 e. The zero-order chi connectivity index (χ0) is 12.0. The molecule has 1 atom stereocenters. The summed E-state index contributed by atoms with van der Waals surface area (Å²) in [5.74, 6) is 0.632. The molecule has 16 heavy (non-hydrogen) atoms. The number of halogens is 1. The summed E-state index contributed by atoms with van der Waals surface area (Å²) < 4.78 is 5.87. The Morgan fingerprint density at radius 3 is 2.69 bits per heavy atom. The fourth-order valence-electron chi connectivity index (χ4n) is 1.59. The van der Waals surface area contributed by atoms with E-state index in [1.807, 2.05) is 12.1 Å². The zero-order valence-corrected chi connectivity index (χ0v) is 10.8. The van der Waals surface area contributed by atoms with Crippen LogP contribution in [-0.4, -0.2) is 6.10 Å². The minimum absolute atomic E-state index is 0.210. The summed E-state index contributed by atoms with van der Waals surface area (Å²) in [7, 11) is 0. The molecule has 0 saturated carbocycles. The van der Waals surface area contributed by atoms with Gasteiger partial charge in [0.05, 0.1) is 16.8 Å². The third-order valence-corrected chi connectivity index (χ3v) is 2.91. The van der Waals surface area contributed by atoms with E-state index < -0.39 is 0 Å². The number of unbranched alkanes of at least 4 members (excludes halogenated alkanes) is 1. The zero-order valence-electron chi connectivity index (χ0n) is 10.0. The average Bonchev–Trinajstić information content (AvgIpc) is 2.28. The molecule has 90 valence electrons. The van der Waals surface area contributed by atoms with Gasteiger partial charge in [-0.2, -0.15) is 0 Å². The first-order chi connectivity index (χ1) is 7.69. The number of hydrogen-bond donors (Lipinski definition) is 1. The van der Waals surface area contributed by atoms with E-state index in [0.29, 0.717) is 16.5 Å². The summed E-state index contributed by atoms with van der Waals surface area (Å²) in [6, 6.07) is 5.45. The van der Waals surface area contributed by atoms with E-state index in [4.69, 9.17) is 22.1 Å². The van der Waals surface area contributed by atoms with Crippen molar-refractivity contribution in [2.24, 2.45) is 0 Å². The molecule has 0 spiro atoms. The van der Waals surface area contributed by atoms with Gasteiger partial charge in [0.1, 0.15) is 0 Å². The second-order valence-electron chi connectivity index (χ2n) is 3.95. The van der Waals surface area contributed by atoms with Crippen molar-refractivity contribution in [2.45, 2.75) is 45.6 Å². The quantitative estimate of drug-likeness (QED) is 0.755. The van der Waals surface area contributed by atoms with Gasteiger partial charge in [-0.1, -0.05) is 44.4 Å². The molecular weight excluding hydrogens is 222 g/mol. The molecule has 0 fully saturated rings. The number of anilines is 1. The van der Waals surface area contributed by atoms with Crippen LogP contribution in [0.2, 0.25) is 5.02 Å². The topological polar surface area (TPSA) is 35.2 Å². The molecule has 0 aliphatic rings. The lowest BCUT2D eigenvalue weighted by molar-refractivity contribution is 0.185. The molecular formula is C13H20ClNO. The molecule has 2 nitrogen and oxygen atoms in total. The third kappa shape index (κ3) is 3.60. The Kier molecular flexibility index (Phi) is 5.47. The summed E-state index contributed by atoms with van der Waals surface area (Å²) in [6.45, 7) is 4.30. The number of benzene rings is 1. The Bertz CT molecular complexity index is 307. The number of hydrogen-bond acceptors (Lipinski definition) is 2. The lowest BCUT2D eigenvalue weighted by atomic mass is 10.1. The average molecular weight is 242 g/mol. The van der Waals surface area contributed by atoms with E-state index in [2.05, 4.69) is 13.8 Å². The molecule has 0 aliphatic carbocycles. The van der Waals surface area contributed by atoms with Crippen LogP contribution in [0.3, 0.4) is 0 Å². The Balaban J connectivity index is 2.69. The highest BCUT2D eigenvalue weighted by Crippen LogP contribution is 2.32. The van der Waals surface area contributed by atoms with E-state index >= 15 is 0 Å². The van der Waals surface area contributed by atoms with Crippen LogP contribution < -0.4 is 10.5 Å². The van der Waals surface area contributed by atoms with Crippen molar-refractivity contribution >= 4 is 17.3 Å². The Morgan fingerprint density at radius 1 is 1.38 bits per heavy atom. The van der Waals surface area contributed by atoms with Gasteiger partial charge < -0.3 is 10.5 Å². The van der Waals surface area contributed by atoms with Crippen molar-refractivity contribution in [1.29, 1.82) is 0 Å². The van der Waals surface area contributed by atoms with E-state index in [0.717, 1.165) is 12.8 Å². The van der Waals surface area contributed by atoms with Crippen molar-refractivity contribution in [3.63, 3.8) is 0 Å². The summed E-state index contributed by atoms with van der Waals surface area (Å²) in [4.78, 5) is 0. The molecule has 1 aromatic carbocycles. The number of ether oxygens (including phenoxy) is 1. The van der Waals surface area contributed by atoms with Crippen LogP contribution in [0.4, 0.5) is 5.69 Å². The van der Waals surface area contributed by atoms with E-state index in [1.54, 1.807) is 6.07 Å². The smallest absolute Gasteiger partial charge is 0.161 e. The Morgan fingerprint density at radius 2 is 2.12 bits per heavy atom. The predicted molar refractivity (Wildman–Crippen MR) is 70.1 cm³/mol. The molecule has 1 unspecified atom stereocenters. The maximum absolute atomic E-state index is 6.06. The Labute approximate surface area is 103 Å². The minimum atomic E-state index is 0.210. The molecule has 1 rings (SSSR count). The fraction of sp³-hybridized carbons (Fsp3) is 0.538. The number of rotatable bonds is 6. The highest BCUT2D eigenvalue weighted by Gasteiger charge is 2.12. The van der Waals surface area contributed by atoms with Crippen molar-refractivity contribution in [3.05, 3.63) is 23.2 Å². The highest BCUT2D eigenvalue weighted by molar-refractivity contribution is 6.32. The lowest BCUT2D eigenvalue weighted by Crippen LogP contribution is -2.16. The third-order valence-electron chi connectivity index (χ3n) is 2.62. The van der Waals surface area contributed by atoms with Crippen LogP contribution in [0.15, 0.2) is 18.2 Å². The maximum atomic E-state index is 6.06. The van der Waals surface area contributed by atoms with Gasteiger partial charge in [-0.15, -0.1) is 0 Å². The standard InChI is InChI=1S/C13H20ClNO/c1-3-5-7-10(4-2)16-13-11(14)8-6-9-12(13)15/h6,8-10H,3-5,7,15H2,1-2H3. The Hall–Kier alpha value is -0.890. The van der Waals surface area contributed by atoms with Gasteiger partial charge in [0.2, 0.25) is 0 Å². The van der Waals surface area contributed by atoms with Crippen LogP contribution >= 0.6 is 11.6 Å². The van der Waals surface area contributed by atoms with Gasteiger partial charge in [0.15, 0.2) is 5.75 Å². The van der Waals surface area contributed by atoms with Crippen molar-refractivity contribution in [1.82, 2.24) is 0 Å². The lowest BCUT2D eigenvalue weighted by Gasteiger charge is -2.19. The molecule has 0 aliphatic heterocycles. The summed E-state index contributed by atoms with van der Waals surface area (Å²) in [5.41, 5.74) is 6.46. The van der Waals surface area contributed by atoms with Crippen molar-refractivity contribution < 1.29 is 4.74 Å². The molecule has 0 radical (unpaired) electrons. The predicted octanol–water partition coefficient (Wildman–Crippen LogP) is 4.27. The molecule has 0 amide bonds. The SMILES string of the molecule is CCCCC(CC)Oc1c(N)cccc1Cl. The number of para-hydroxylation sites is 1. The summed E-state index contributed by atoms with van der Waals surface area (Å²) in [6.07, 6.45) is 4.59. The molecule has 0 heterocycles. The van der Waals surface area contributed by atoms with Crippen LogP contribution in [0.1, 0.15) is 39.5 Å². The first kappa shape index (κ1) is 13.2. The van der Waals surface area contributed by atoms with Crippen molar-refractivity contribution in [3.8, 4) is 5.75 Å². The van der Waals surface area contributed by atoms with Gasteiger partial charge in [-0.3, -0.25) is 0 Å². The number of nitrogen functional groups attached to an aromatic ring is 1. The second-order valence-corrected chi connectivity index (χ2v) is 4.36. The monoisotopic (exact) mass is 241 g/mol. The first-order valence-electron chi connectivity index (χ1n) is 5.89.